The summed E-state index contributed by atoms with van der Waals surface area (Å²) in [6.07, 6.45) is 2.83. The van der Waals surface area contributed by atoms with Crippen molar-refractivity contribution in [1.82, 2.24) is 9.80 Å². The number of amides is 1. The third-order valence-corrected chi connectivity index (χ3v) is 4.08. The van der Waals surface area contributed by atoms with Crippen LogP contribution < -0.4 is 5.73 Å². The van der Waals surface area contributed by atoms with Crippen LogP contribution >= 0.6 is 0 Å². The number of nitrogens with two attached hydrogens (primary N) is 1. The number of hydrogen-bond donors (Lipinski definition) is 1. The Morgan fingerprint density at radius 2 is 2.28 bits per heavy atom. The maximum Gasteiger partial charge on any atom is 0.223 e. The molecule has 0 bridgehead atoms. The van der Waals surface area contributed by atoms with Gasteiger partial charge in [0, 0.05) is 52.4 Å². The lowest BCUT2D eigenvalue weighted by Crippen LogP contribution is -2.39. The standard InChI is InChI=1S/C13H25N3O2/c1-18-6-2-4-15-5-3-12(10-15)16-9-11(8-14)7-13(16)17/h11-12H,2-10,14H2,1H3. The van der Waals surface area contributed by atoms with Crippen molar-refractivity contribution in [3.8, 4) is 0 Å². The van der Waals surface area contributed by atoms with Crippen molar-refractivity contribution >= 4 is 5.91 Å². The molecule has 2 rings (SSSR count). The monoisotopic (exact) mass is 255 g/mol. The molecule has 0 aromatic rings. The summed E-state index contributed by atoms with van der Waals surface area (Å²) >= 11 is 0. The second-order valence-corrected chi connectivity index (χ2v) is 5.44. The number of likely N-dealkylation sites (tertiary alicyclic amines) is 2. The molecule has 5 heteroatoms. The molecule has 2 saturated heterocycles. The molecule has 0 aliphatic carbocycles. The number of rotatable bonds is 6. The summed E-state index contributed by atoms with van der Waals surface area (Å²) < 4.78 is 5.07. The van der Waals surface area contributed by atoms with Gasteiger partial charge in [-0.1, -0.05) is 0 Å². The van der Waals surface area contributed by atoms with E-state index in [2.05, 4.69) is 9.80 Å². The Bertz CT molecular complexity index is 285. The van der Waals surface area contributed by atoms with Gasteiger partial charge in [0.05, 0.1) is 0 Å². The zero-order valence-electron chi connectivity index (χ0n) is 11.3. The molecule has 18 heavy (non-hydrogen) atoms. The highest BCUT2D eigenvalue weighted by atomic mass is 16.5. The molecule has 2 aliphatic heterocycles. The fourth-order valence-electron chi connectivity index (χ4n) is 3.02. The number of ether oxygens (including phenoxy) is 1. The van der Waals surface area contributed by atoms with Gasteiger partial charge < -0.3 is 20.3 Å². The zero-order chi connectivity index (χ0) is 13.0. The zero-order valence-corrected chi connectivity index (χ0v) is 11.3. The molecule has 2 aliphatic rings. The minimum Gasteiger partial charge on any atom is -0.385 e. The molecular formula is C13H25N3O2. The van der Waals surface area contributed by atoms with Crippen molar-refractivity contribution in [2.24, 2.45) is 11.7 Å². The number of carbonyl (C=O) groups excluding carboxylic acids is 1. The van der Waals surface area contributed by atoms with E-state index in [0.717, 1.165) is 45.6 Å². The van der Waals surface area contributed by atoms with Crippen LogP contribution in [0.2, 0.25) is 0 Å². The average molecular weight is 255 g/mol. The molecule has 1 amide bonds. The molecule has 2 N–H and O–H groups in total. The summed E-state index contributed by atoms with van der Waals surface area (Å²) in [5.41, 5.74) is 5.66. The van der Waals surface area contributed by atoms with Gasteiger partial charge in [0.15, 0.2) is 0 Å². The van der Waals surface area contributed by atoms with Gasteiger partial charge in [0.2, 0.25) is 5.91 Å². The Balaban J connectivity index is 1.76. The first-order chi connectivity index (χ1) is 8.74. The third-order valence-electron chi connectivity index (χ3n) is 4.08. The van der Waals surface area contributed by atoms with Gasteiger partial charge in [-0.3, -0.25) is 4.79 Å². The van der Waals surface area contributed by atoms with Crippen LogP contribution in [-0.4, -0.2) is 68.2 Å². The fourth-order valence-corrected chi connectivity index (χ4v) is 3.02. The lowest BCUT2D eigenvalue weighted by molar-refractivity contribution is -0.129. The van der Waals surface area contributed by atoms with Crippen LogP contribution in [0.15, 0.2) is 0 Å². The van der Waals surface area contributed by atoms with Gasteiger partial charge in [0.1, 0.15) is 0 Å². The normalized spacial score (nSPS) is 29.4. The van der Waals surface area contributed by atoms with Gasteiger partial charge in [-0.05, 0) is 25.3 Å². The largest absolute Gasteiger partial charge is 0.385 e. The summed E-state index contributed by atoms with van der Waals surface area (Å²) in [6, 6.07) is 0.414. The molecule has 2 atom stereocenters. The Labute approximate surface area is 109 Å². The number of carbonyl (C=O) groups is 1. The average Bonchev–Trinajstić information content (AvgIpc) is 2.96. The summed E-state index contributed by atoms with van der Waals surface area (Å²) in [7, 11) is 1.74. The summed E-state index contributed by atoms with van der Waals surface area (Å²) in [6.45, 7) is 5.52. The predicted molar refractivity (Wildman–Crippen MR) is 70.2 cm³/mol. The van der Waals surface area contributed by atoms with E-state index < -0.39 is 0 Å². The number of hydrogen-bond acceptors (Lipinski definition) is 4. The van der Waals surface area contributed by atoms with Gasteiger partial charge in [-0.15, -0.1) is 0 Å². The first-order valence-corrected chi connectivity index (χ1v) is 6.95. The molecule has 0 saturated carbocycles. The summed E-state index contributed by atoms with van der Waals surface area (Å²) in [5.74, 6) is 0.675. The highest BCUT2D eigenvalue weighted by Gasteiger charge is 2.36. The smallest absolute Gasteiger partial charge is 0.223 e. The number of nitrogens with zero attached hydrogens (tertiary/aromatic N) is 2. The molecule has 2 heterocycles. The Morgan fingerprint density at radius 3 is 2.94 bits per heavy atom. The molecule has 0 radical (unpaired) electrons. The first kappa shape index (κ1) is 13.8. The van der Waals surface area contributed by atoms with Crippen molar-refractivity contribution in [3.63, 3.8) is 0 Å². The van der Waals surface area contributed by atoms with E-state index in [1.165, 1.54) is 0 Å². The van der Waals surface area contributed by atoms with Crippen LogP contribution in [-0.2, 0) is 9.53 Å². The molecule has 0 spiro atoms. The summed E-state index contributed by atoms with van der Waals surface area (Å²) in [4.78, 5) is 16.4. The maximum atomic E-state index is 11.9. The van der Waals surface area contributed by atoms with Gasteiger partial charge in [-0.2, -0.15) is 0 Å². The quantitative estimate of drug-likeness (QED) is 0.674. The SMILES string of the molecule is COCCCN1CCC(N2CC(CN)CC2=O)C1. The van der Waals surface area contributed by atoms with Crippen molar-refractivity contribution in [2.75, 3.05) is 46.4 Å². The van der Waals surface area contributed by atoms with E-state index in [-0.39, 0.29) is 0 Å². The van der Waals surface area contributed by atoms with Gasteiger partial charge in [0.25, 0.3) is 0 Å². The van der Waals surface area contributed by atoms with Crippen molar-refractivity contribution in [3.05, 3.63) is 0 Å². The molecule has 2 fully saturated rings. The highest BCUT2D eigenvalue weighted by Crippen LogP contribution is 2.24. The van der Waals surface area contributed by atoms with Gasteiger partial charge >= 0.3 is 0 Å². The topological polar surface area (TPSA) is 58.8 Å². The molecule has 104 valence electrons. The van der Waals surface area contributed by atoms with Crippen LogP contribution in [0.3, 0.4) is 0 Å². The summed E-state index contributed by atoms with van der Waals surface area (Å²) in [5, 5.41) is 0. The van der Waals surface area contributed by atoms with E-state index in [4.69, 9.17) is 10.5 Å². The maximum absolute atomic E-state index is 11.9. The van der Waals surface area contributed by atoms with E-state index >= 15 is 0 Å². The molecule has 5 nitrogen and oxygen atoms in total. The van der Waals surface area contributed by atoms with Crippen LogP contribution in [0.25, 0.3) is 0 Å². The fraction of sp³-hybridized carbons (Fsp3) is 0.923. The first-order valence-electron chi connectivity index (χ1n) is 6.95. The third kappa shape index (κ3) is 3.22. The van der Waals surface area contributed by atoms with E-state index in [1.54, 1.807) is 7.11 Å². The Kier molecular flexibility index (Phi) is 4.97. The molecular weight excluding hydrogens is 230 g/mol. The second kappa shape index (κ2) is 6.50. The predicted octanol–water partition coefficient (Wildman–Crippen LogP) is -0.0956. The minimum absolute atomic E-state index is 0.300. The molecule has 0 aromatic heterocycles. The number of methoxy groups -OCH3 is 1. The van der Waals surface area contributed by atoms with Crippen LogP contribution in [0.1, 0.15) is 19.3 Å². The Morgan fingerprint density at radius 1 is 1.44 bits per heavy atom. The van der Waals surface area contributed by atoms with Crippen molar-refractivity contribution < 1.29 is 9.53 Å². The second-order valence-electron chi connectivity index (χ2n) is 5.44. The van der Waals surface area contributed by atoms with E-state index in [9.17, 15) is 4.79 Å². The van der Waals surface area contributed by atoms with E-state index in [0.29, 0.717) is 30.8 Å². The van der Waals surface area contributed by atoms with Crippen LogP contribution in [0.5, 0.6) is 0 Å². The molecule has 0 aromatic carbocycles. The van der Waals surface area contributed by atoms with E-state index in [1.807, 2.05) is 0 Å². The highest BCUT2D eigenvalue weighted by molar-refractivity contribution is 5.79. The minimum atomic E-state index is 0.300. The van der Waals surface area contributed by atoms with Crippen molar-refractivity contribution in [1.29, 1.82) is 0 Å². The van der Waals surface area contributed by atoms with Gasteiger partial charge in [-0.25, -0.2) is 0 Å². The van der Waals surface area contributed by atoms with Crippen LogP contribution in [0.4, 0.5) is 0 Å². The lowest BCUT2D eigenvalue weighted by atomic mass is 10.1. The molecule has 2 unspecified atom stereocenters. The lowest BCUT2D eigenvalue weighted by Gasteiger charge is -2.24. The Hall–Kier alpha value is -0.650. The van der Waals surface area contributed by atoms with Crippen LogP contribution in [0, 0.1) is 5.92 Å². The van der Waals surface area contributed by atoms with Crippen molar-refractivity contribution in [2.45, 2.75) is 25.3 Å².